The van der Waals surface area contributed by atoms with Gasteiger partial charge < -0.3 is 11.1 Å². The number of anilines is 2. The van der Waals surface area contributed by atoms with E-state index in [1.54, 1.807) is 31.5 Å². The van der Waals surface area contributed by atoms with Crippen LogP contribution in [0.15, 0.2) is 42.7 Å². The smallest absolute Gasteiger partial charge is 0.399 e. The first-order chi connectivity index (χ1) is 9.38. The van der Waals surface area contributed by atoms with Crippen LogP contribution in [0.5, 0.6) is 0 Å². The number of halogens is 3. The van der Waals surface area contributed by atoms with E-state index in [1.165, 1.54) is 12.1 Å². The van der Waals surface area contributed by atoms with Crippen LogP contribution in [0.3, 0.4) is 0 Å². The van der Waals surface area contributed by atoms with Crippen LogP contribution in [-0.4, -0.2) is 4.98 Å². The second kappa shape index (κ2) is 5.40. The molecular formula is C14H14F3N3. The Hall–Kier alpha value is -2.24. The molecule has 106 valence electrons. The molecule has 0 saturated heterocycles. The van der Waals surface area contributed by atoms with Crippen molar-refractivity contribution in [1.29, 1.82) is 0 Å². The van der Waals surface area contributed by atoms with E-state index < -0.39 is 11.7 Å². The molecule has 1 aromatic heterocycles. The molecule has 1 atom stereocenters. The normalized spacial score (nSPS) is 13.0. The minimum absolute atomic E-state index is 0.00283. The van der Waals surface area contributed by atoms with Gasteiger partial charge >= 0.3 is 6.18 Å². The van der Waals surface area contributed by atoms with E-state index in [1.807, 2.05) is 0 Å². The number of nitrogens with one attached hydrogen (secondary N) is 1. The van der Waals surface area contributed by atoms with Crippen molar-refractivity contribution in [3.05, 3.63) is 53.9 Å². The molecule has 0 saturated carbocycles. The van der Waals surface area contributed by atoms with E-state index in [2.05, 4.69) is 10.3 Å². The Bertz CT molecular complexity index is 582. The average molecular weight is 281 g/mol. The van der Waals surface area contributed by atoms with Crippen LogP contribution >= 0.6 is 0 Å². The van der Waals surface area contributed by atoms with E-state index in [0.29, 0.717) is 0 Å². The number of benzene rings is 1. The molecule has 1 unspecified atom stereocenters. The molecule has 3 N–H and O–H groups in total. The summed E-state index contributed by atoms with van der Waals surface area (Å²) in [5.41, 5.74) is 5.54. The number of alkyl halides is 3. The zero-order valence-corrected chi connectivity index (χ0v) is 10.8. The number of hydrogen-bond acceptors (Lipinski definition) is 3. The second-order valence-corrected chi connectivity index (χ2v) is 4.46. The first-order valence-electron chi connectivity index (χ1n) is 6.01. The first-order valence-corrected chi connectivity index (χ1v) is 6.01. The van der Waals surface area contributed by atoms with Gasteiger partial charge in [-0.25, -0.2) is 0 Å². The number of nitrogens with zero attached hydrogens (tertiary/aromatic N) is 1. The number of aromatic nitrogens is 1. The molecule has 2 rings (SSSR count). The topological polar surface area (TPSA) is 50.9 Å². The molecular weight excluding hydrogens is 267 g/mol. The Balaban J connectivity index is 2.30. The highest BCUT2D eigenvalue weighted by Crippen LogP contribution is 2.37. The minimum atomic E-state index is -4.45. The quantitative estimate of drug-likeness (QED) is 0.840. The van der Waals surface area contributed by atoms with Crippen LogP contribution in [0, 0.1) is 0 Å². The Morgan fingerprint density at radius 2 is 2.00 bits per heavy atom. The minimum Gasteiger partial charge on any atom is -0.399 e. The summed E-state index contributed by atoms with van der Waals surface area (Å²) < 4.78 is 38.9. The van der Waals surface area contributed by atoms with Crippen molar-refractivity contribution >= 4 is 11.4 Å². The average Bonchev–Trinajstić information content (AvgIpc) is 2.40. The second-order valence-electron chi connectivity index (χ2n) is 4.46. The molecule has 1 aromatic carbocycles. The zero-order valence-electron chi connectivity index (χ0n) is 10.8. The number of rotatable bonds is 3. The summed E-state index contributed by atoms with van der Waals surface area (Å²) in [5, 5.41) is 2.84. The maximum absolute atomic E-state index is 13.0. The first kappa shape index (κ1) is 14.2. The summed E-state index contributed by atoms with van der Waals surface area (Å²) in [6.45, 7) is 1.77. The molecule has 0 fully saturated rings. The fourth-order valence-corrected chi connectivity index (χ4v) is 1.87. The standard InChI is InChI=1S/C14H14F3N3/c1-9(10-3-2-6-19-8-10)20-13-5-4-11(18)7-12(13)14(15,16)17/h2-9,20H,18H2,1H3. The largest absolute Gasteiger partial charge is 0.418 e. The highest BCUT2D eigenvalue weighted by Gasteiger charge is 2.34. The van der Waals surface area contributed by atoms with Crippen LogP contribution < -0.4 is 11.1 Å². The predicted molar refractivity (Wildman–Crippen MR) is 72.1 cm³/mol. The summed E-state index contributed by atoms with van der Waals surface area (Å²) in [7, 11) is 0. The zero-order chi connectivity index (χ0) is 14.8. The number of nitrogens with two attached hydrogens (primary N) is 1. The maximum Gasteiger partial charge on any atom is 0.418 e. The molecule has 3 nitrogen and oxygen atoms in total. The highest BCUT2D eigenvalue weighted by molar-refractivity contribution is 5.60. The summed E-state index contributed by atoms with van der Waals surface area (Å²) in [6.07, 6.45) is -1.23. The van der Waals surface area contributed by atoms with Gasteiger partial charge in [0.25, 0.3) is 0 Å². The van der Waals surface area contributed by atoms with Crippen molar-refractivity contribution in [2.24, 2.45) is 0 Å². The number of pyridine rings is 1. The molecule has 0 radical (unpaired) electrons. The molecule has 0 amide bonds. The Kier molecular flexibility index (Phi) is 3.83. The Labute approximate surface area is 114 Å². The van der Waals surface area contributed by atoms with Gasteiger partial charge in [-0.1, -0.05) is 6.07 Å². The Morgan fingerprint density at radius 1 is 1.25 bits per heavy atom. The van der Waals surface area contributed by atoms with E-state index in [9.17, 15) is 13.2 Å². The predicted octanol–water partition coefficient (Wildman–Crippen LogP) is 3.86. The fourth-order valence-electron chi connectivity index (χ4n) is 1.87. The molecule has 0 aliphatic rings. The number of hydrogen-bond donors (Lipinski definition) is 2. The lowest BCUT2D eigenvalue weighted by molar-refractivity contribution is -0.136. The molecule has 0 aliphatic carbocycles. The van der Waals surface area contributed by atoms with Crippen molar-refractivity contribution in [2.75, 3.05) is 11.1 Å². The SMILES string of the molecule is CC(Nc1ccc(N)cc1C(F)(F)F)c1cccnc1. The van der Waals surface area contributed by atoms with Crippen molar-refractivity contribution in [1.82, 2.24) is 4.98 Å². The third kappa shape index (κ3) is 3.20. The summed E-state index contributed by atoms with van der Waals surface area (Å²) in [4.78, 5) is 3.95. The summed E-state index contributed by atoms with van der Waals surface area (Å²) in [6, 6.07) is 6.95. The lowest BCUT2D eigenvalue weighted by Gasteiger charge is -2.19. The van der Waals surface area contributed by atoms with Crippen LogP contribution in [-0.2, 0) is 6.18 Å². The van der Waals surface area contributed by atoms with Gasteiger partial charge in [-0.15, -0.1) is 0 Å². The van der Waals surface area contributed by atoms with Gasteiger partial charge in [-0.05, 0) is 36.8 Å². The summed E-state index contributed by atoms with van der Waals surface area (Å²) >= 11 is 0. The Morgan fingerprint density at radius 3 is 2.60 bits per heavy atom. The molecule has 6 heteroatoms. The third-order valence-electron chi connectivity index (χ3n) is 2.91. The van der Waals surface area contributed by atoms with Gasteiger partial charge in [-0.3, -0.25) is 4.98 Å². The van der Waals surface area contributed by atoms with Gasteiger partial charge in [0.15, 0.2) is 0 Å². The van der Waals surface area contributed by atoms with Gasteiger partial charge in [-0.2, -0.15) is 13.2 Å². The van der Waals surface area contributed by atoms with Gasteiger partial charge in [0.1, 0.15) is 0 Å². The van der Waals surface area contributed by atoms with E-state index in [4.69, 9.17) is 5.73 Å². The molecule has 0 spiro atoms. The highest BCUT2D eigenvalue weighted by atomic mass is 19.4. The van der Waals surface area contributed by atoms with Crippen LogP contribution in [0.4, 0.5) is 24.5 Å². The lowest BCUT2D eigenvalue weighted by atomic mass is 10.1. The maximum atomic E-state index is 13.0. The molecule has 20 heavy (non-hydrogen) atoms. The van der Waals surface area contributed by atoms with Gasteiger partial charge in [0, 0.05) is 23.8 Å². The molecule has 0 aliphatic heterocycles. The van der Waals surface area contributed by atoms with E-state index in [0.717, 1.165) is 11.6 Å². The molecule has 2 aromatic rings. The van der Waals surface area contributed by atoms with E-state index >= 15 is 0 Å². The van der Waals surface area contributed by atoms with Crippen molar-refractivity contribution in [2.45, 2.75) is 19.1 Å². The fraction of sp³-hybridized carbons (Fsp3) is 0.214. The summed E-state index contributed by atoms with van der Waals surface area (Å²) in [5.74, 6) is 0. The molecule has 1 heterocycles. The van der Waals surface area contributed by atoms with E-state index in [-0.39, 0.29) is 17.4 Å². The number of nitrogen functional groups attached to an aromatic ring is 1. The van der Waals surface area contributed by atoms with Crippen LogP contribution in [0.1, 0.15) is 24.1 Å². The molecule has 0 bridgehead atoms. The van der Waals surface area contributed by atoms with Crippen molar-refractivity contribution < 1.29 is 13.2 Å². The van der Waals surface area contributed by atoms with Gasteiger partial charge in [0.05, 0.1) is 11.6 Å². The van der Waals surface area contributed by atoms with Crippen molar-refractivity contribution in [3.8, 4) is 0 Å². The monoisotopic (exact) mass is 281 g/mol. The van der Waals surface area contributed by atoms with Gasteiger partial charge in [0.2, 0.25) is 0 Å². The lowest BCUT2D eigenvalue weighted by Crippen LogP contribution is -2.14. The van der Waals surface area contributed by atoms with Crippen LogP contribution in [0.25, 0.3) is 0 Å². The van der Waals surface area contributed by atoms with Crippen molar-refractivity contribution in [3.63, 3.8) is 0 Å². The van der Waals surface area contributed by atoms with Crippen LogP contribution in [0.2, 0.25) is 0 Å². The third-order valence-corrected chi connectivity index (χ3v) is 2.91.